The number of aryl methyl sites for hydroxylation is 1. The van der Waals surface area contributed by atoms with E-state index in [0.717, 1.165) is 36.5 Å². The molecule has 1 aromatic heterocycles. The minimum atomic E-state index is -0.250. The van der Waals surface area contributed by atoms with Gasteiger partial charge >= 0.3 is 0 Å². The number of carbonyl (C=O) groups is 1. The van der Waals surface area contributed by atoms with Crippen LogP contribution in [0.4, 0.5) is 0 Å². The normalized spacial score (nSPS) is 15.5. The van der Waals surface area contributed by atoms with Crippen LogP contribution in [0.15, 0.2) is 47.9 Å². The summed E-state index contributed by atoms with van der Waals surface area (Å²) >= 11 is 1.53. The fourth-order valence-corrected chi connectivity index (χ4v) is 3.42. The molecule has 1 saturated carbocycles. The summed E-state index contributed by atoms with van der Waals surface area (Å²) in [5.41, 5.74) is 1.02. The number of nitrogens with one attached hydrogen (secondary N) is 1. The van der Waals surface area contributed by atoms with Gasteiger partial charge in [0.05, 0.1) is 0 Å². The number of hydrogen-bond donors (Lipinski definition) is 1. The lowest BCUT2D eigenvalue weighted by Crippen LogP contribution is -2.29. The van der Waals surface area contributed by atoms with Crippen molar-refractivity contribution in [2.24, 2.45) is 0 Å². The maximum Gasteiger partial charge on any atom is 0.238 e. The lowest BCUT2D eigenvalue weighted by molar-refractivity contribution is -0.120. The zero-order valence-electron chi connectivity index (χ0n) is 12.7. The van der Waals surface area contributed by atoms with E-state index in [-0.39, 0.29) is 11.2 Å². The Balaban J connectivity index is 1.81. The Kier molecular flexibility index (Phi) is 4.83. The summed E-state index contributed by atoms with van der Waals surface area (Å²) in [4.78, 5) is 17.0. The van der Waals surface area contributed by atoms with Gasteiger partial charge in [-0.2, -0.15) is 0 Å². The lowest BCUT2D eigenvalue weighted by Gasteiger charge is -2.17. The van der Waals surface area contributed by atoms with Gasteiger partial charge in [-0.1, -0.05) is 49.0 Å². The maximum absolute atomic E-state index is 12.6. The molecule has 0 aliphatic heterocycles. The molecule has 22 heavy (non-hydrogen) atoms. The van der Waals surface area contributed by atoms with E-state index in [4.69, 9.17) is 0 Å². The molecule has 0 unspecified atom stereocenters. The number of imidazole rings is 1. The van der Waals surface area contributed by atoms with Gasteiger partial charge in [0.2, 0.25) is 5.91 Å². The van der Waals surface area contributed by atoms with Crippen LogP contribution in [-0.2, 0) is 11.3 Å². The van der Waals surface area contributed by atoms with Crippen LogP contribution in [0, 0.1) is 0 Å². The second-order valence-corrected chi connectivity index (χ2v) is 6.67. The molecule has 1 N–H and O–H groups in total. The smallest absolute Gasteiger partial charge is 0.238 e. The summed E-state index contributed by atoms with van der Waals surface area (Å²) < 4.78 is 2.12. The number of benzene rings is 1. The van der Waals surface area contributed by atoms with Gasteiger partial charge in [-0.15, -0.1) is 0 Å². The predicted molar refractivity (Wildman–Crippen MR) is 88.7 cm³/mol. The second-order valence-electron chi connectivity index (χ2n) is 5.59. The molecule has 4 nitrogen and oxygen atoms in total. The van der Waals surface area contributed by atoms with Crippen LogP contribution in [0.1, 0.15) is 37.0 Å². The maximum atomic E-state index is 12.6. The molecule has 3 rings (SSSR count). The summed E-state index contributed by atoms with van der Waals surface area (Å²) in [7, 11) is 0. The molecule has 0 radical (unpaired) electrons. The lowest BCUT2D eigenvalue weighted by atomic mass is 10.1. The second kappa shape index (κ2) is 7.01. The van der Waals surface area contributed by atoms with Crippen LogP contribution in [0.3, 0.4) is 0 Å². The monoisotopic (exact) mass is 315 g/mol. The summed E-state index contributed by atoms with van der Waals surface area (Å²) in [6.45, 7) is 3.07. The van der Waals surface area contributed by atoms with Crippen LogP contribution in [0.2, 0.25) is 0 Å². The van der Waals surface area contributed by atoms with Gasteiger partial charge in [0, 0.05) is 25.0 Å². The van der Waals surface area contributed by atoms with E-state index in [1.54, 1.807) is 6.20 Å². The molecule has 0 spiro atoms. The molecule has 1 heterocycles. The SMILES string of the molecule is CCCn1ccnc1S[C@H](C(=O)NC1CC1)c1ccccc1. The average Bonchev–Trinajstić information content (AvgIpc) is 3.24. The van der Waals surface area contributed by atoms with Gasteiger partial charge in [-0.25, -0.2) is 4.98 Å². The largest absolute Gasteiger partial charge is 0.352 e. The van der Waals surface area contributed by atoms with E-state index in [1.165, 1.54) is 11.8 Å². The molecule has 2 aromatic rings. The first kappa shape index (κ1) is 15.2. The molecule has 0 bridgehead atoms. The number of carbonyl (C=O) groups excluding carboxylic acids is 1. The number of aromatic nitrogens is 2. The quantitative estimate of drug-likeness (QED) is 0.797. The van der Waals surface area contributed by atoms with Gasteiger partial charge in [-0.05, 0) is 24.8 Å². The summed E-state index contributed by atoms with van der Waals surface area (Å²) in [5.74, 6) is 0.0877. The number of rotatable bonds is 7. The highest BCUT2D eigenvalue weighted by molar-refractivity contribution is 8.00. The summed E-state index contributed by atoms with van der Waals surface area (Å²) in [5, 5.41) is 3.77. The number of amides is 1. The molecular formula is C17H21N3OS. The van der Waals surface area contributed by atoms with Crippen molar-refractivity contribution in [2.75, 3.05) is 0 Å². The van der Waals surface area contributed by atoms with Crippen molar-refractivity contribution in [3.8, 4) is 0 Å². The highest BCUT2D eigenvalue weighted by atomic mass is 32.2. The van der Waals surface area contributed by atoms with Gasteiger partial charge in [0.15, 0.2) is 5.16 Å². The number of thioether (sulfide) groups is 1. The van der Waals surface area contributed by atoms with E-state index in [1.807, 2.05) is 36.5 Å². The fraction of sp³-hybridized carbons (Fsp3) is 0.412. The Morgan fingerprint density at radius 3 is 2.86 bits per heavy atom. The first-order valence-electron chi connectivity index (χ1n) is 7.81. The standard InChI is InChI=1S/C17H21N3OS/c1-2-11-20-12-10-18-17(20)22-15(13-6-4-3-5-7-13)16(21)19-14-8-9-14/h3-7,10,12,14-15H,2,8-9,11H2,1H3,(H,19,21)/t15-/m0/s1. The fourth-order valence-electron chi connectivity index (χ4n) is 2.34. The minimum Gasteiger partial charge on any atom is -0.352 e. The van der Waals surface area contributed by atoms with Gasteiger partial charge < -0.3 is 9.88 Å². The molecule has 1 fully saturated rings. The van der Waals surface area contributed by atoms with E-state index >= 15 is 0 Å². The third-order valence-electron chi connectivity index (χ3n) is 3.63. The van der Waals surface area contributed by atoms with Crippen molar-refractivity contribution in [1.82, 2.24) is 14.9 Å². The van der Waals surface area contributed by atoms with Crippen LogP contribution < -0.4 is 5.32 Å². The highest BCUT2D eigenvalue weighted by Gasteiger charge is 2.29. The predicted octanol–water partition coefficient (Wildman–Crippen LogP) is 3.41. The average molecular weight is 315 g/mol. The molecule has 5 heteroatoms. The first-order chi connectivity index (χ1) is 10.8. The van der Waals surface area contributed by atoms with E-state index in [2.05, 4.69) is 21.8 Å². The minimum absolute atomic E-state index is 0.0877. The van der Waals surface area contributed by atoms with Gasteiger partial charge in [0.25, 0.3) is 0 Å². The molecule has 1 amide bonds. The topological polar surface area (TPSA) is 46.9 Å². The summed E-state index contributed by atoms with van der Waals surface area (Å²) in [6.07, 6.45) is 7.03. The third-order valence-corrected chi connectivity index (χ3v) is 4.90. The van der Waals surface area contributed by atoms with E-state index < -0.39 is 0 Å². The van der Waals surface area contributed by atoms with Crippen molar-refractivity contribution in [3.63, 3.8) is 0 Å². The van der Waals surface area contributed by atoms with Gasteiger partial charge in [-0.3, -0.25) is 4.79 Å². The van der Waals surface area contributed by atoms with E-state index in [9.17, 15) is 4.79 Å². The van der Waals surface area contributed by atoms with Crippen molar-refractivity contribution in [2.45, 2.75) is 49.2 Å². The van der Waals surface area contributed by atoms with E-state index in [0.29, 0.717) is 6.04 Å². The van der Waals surface area contributed by atoms with Crippen LogP contribution in [-0.4, -0.2) is 21.5 Å². The van der Waals surface area contributed by atoms with Crippen LogP contribution >= 0.6 is 11.8 Å². The summed E-state index contributed by atoms with van der Waals surface area (Å²) in [6, 6.07) is 10.3. The number of hydrogen-bond acceptors (Lipinski definition) is 3. The molecule has 1 aliphatic rings. The molecule has 0 saturated heterocycles. The number of nitrogens with zero attached hydrogens (tertiary/aromatic N) is 2. The molecule has 1 aromatic carbocycles. The Bertz CT molecular complexity index is 622. The molecule has 1 aliphatic carbocycles. The van der Waals surface area contributed by atoms with Crippen molar-refractivity contribution < 1.29 is 4.79 Å². The Hall–Kier alpha value is -1.75. The van der Waals surface area contributed by atoms with Gasteiger partial charge in [0.1, 0.15) is 5.25 Å². The molecule has 1 atom stereocenters. The van der Waals surface area contributed by atoms with Crippen molar-refractivity contribution in [1.29, 1.82) is 0 Å². The van der Waals surface area contributed by atoms with Crippen LogP contribution in [0.25, 0.3) is 0 Å². The molecule has 116 valence electrons. The zero-order chi connectivity index (χ0) is 15.4. The Labute approximate surface area is 135 Å². The zero-order valence-corrected chi connectivity index (χ0v) is 13.6. The molecular weight excluding hydrogens is 294 g/mol. The third kappa shape index (κ3) is 3.71. The first-order valence-corrected chi connectivity index (χ1v) is 8.69. The Morgan fingerprint density at radius 2 is 2.18 bits per heavy atom. The van der Waals surface area contributed by atoms with Crippen molar-refractivity contribution in [3.05, 3.63) is 48.3 Å². The van der Waals surface area contributed by atoms with Crippen LogP contribution in [0.5, 0.6) is 0 Å². The highest BCUT2D eigenvalue weighted by Crippen LogP contribution is 2.35. The Morgan fingerprint density at radius 1 is 1.41 bits per heavy atom. The van der Waals surface area contributed by atoms with Crippen molar-refractivity contribution >= 4 is 17.7 Å².